The van der Waals surface area contributed by atoms with Crippen molar-refractivity contribution >= 4 is 0 Å². The third-order valence-corrected chi connectivity index (χ3v) is 3.11. The highest BCUT2D eigenvalue weighted by molar-refractivity contribution is 5.26. The average Bonchev–Trinajstić information content (AvgIpc) is 2.36. The first-order valence-electron chi connectivity index (χ1n) is 6.41. The van der Waals surface area contributed by atoms with Gasteiger partial charge in [-0.15, -0.1) is 0 Å². The van der Waals surface area contributed by atoms with Crippen molar-refractivity contribution in [1.29, 1.82) is 0 Å². The lowest BCUT2D eigenvalue weighted by atomic mass is 9.97. The molecule has 0 aliphatic heterocycles. The summed E-state index contributed by atoms with van der Waals surface area (Å²) < 4.78 is 5.58. The first kappa shape index (κ1) is 14.1. The van der Waals surface area contributed by atoms with Crippen molar-refractivity contribution in [3.63, 3.8) is 0 Å². The molecule has 0 saturated heterocycles. The van der Waals surface area contributed by atoms with Crippen molar-refractivity contribution in [3.05, 3.63) is 29.6 Å². The minimum atomic E-state index is 0.199. The van der Waals surface area contributed by atoms with E-state index >= 15 is 0 Å². The fourth-order valence-corrected chi connectivity index (χ4v) is 2.08. The molecule has 2 atom stereocenters. The van der Waals surface area contributed by atoms with Gasteiger partial charge in [-0.3, -0.25) is 4.98 Å². The molecule has 17 heavy (non-hydrogen) atoms. The van der Waals surface area contributed by atoms with E-state index in [2.05, 4.69) is 37.1 Å². The minimum absolute atomic E-state index is 0.199. The van der Waals surface area contributed by atoms with Crippen LogP contribution >= 0.6 is 0 Å². The lowest BCUT2D eigenvalue weighted by Gasteiger charge is -2.27. The van der Waals surface area contributed by atoms with Gasteiger partial charge in [0.2, 0.25) is 0 Å². The second kappa shape index (κ2) is 7.41. The van der Waals surface area contributed by atoms with Crippen LogP contribution in [-0.4, -0.2) is 24.7 Å². The van der Waals surface area contributed by atoms with Gasteiger partial charge in [0.1, 0.15) is 0 Å². The number of aryl methyl sites for hydroxylation is 1. The molecule has 0 amide bonds. The van der Waals surface area contributed by atoms with Crippen LogP contribution in [0.3, 0.4) is 0 Å². The van der Waals surface area contributed by atoms with Crippen LogP contribution in [0.2, 0.25) is 0 Å². The Morgan fingerprint density at radius 2 is 2.18 bits per heavy atom. The molecule has 3 nitrogen and oxygen atoms in total. The van der Waals surface area contributed by atoms with Gasteiger partial charge in [-0.2, -0.15) is 0 Å². The van der Waals surface area contributed by atoms with Gasteiger partial charge in [0, 0.05) is 19.5 Å². The number of nitrogens with zero attached hydrogens (tertiary/aromatic N) is 1. The van der Waals surface area contributed by atoms with E-state index in [0.717, 1.165) is 19.4 Å². The summed E-state index contributed by atoms with van der Waals surface area (Å²) in [7, 11) is 1.78. The maximum absolute atomic E-state index is 5.58. The zero-order chi connectivity index (χ0) is 12.7. The molecule has 0 fully saturated rings. The van der Waals surface area contributed by atoms with E-state index in [4.69, 9.17) is 4.74 Å². The molecular weight excluding hydrogens is 212 g/mol. The quantitative estimate of drug-likeness (QED) is 0.790. The van der Waals surface area contributed by atoms with Crippen LogP contribution in [-0.2, 0) is 4.74 Å². The Labute approximate surface area is 105 Å². The molecule has 0 saturated carbocycles. The zero-order valence-corrected chi connectivity index (χ0v) is 11.4. The summed E-state index contributed by atoms with van der Waals surface area (Å²) in [5, 5.41) is 3.56. The summed E-state index contributed by atoms with van der Waals surface area (Å²) in [5.74, 6) is 0. The lowest BCUT2D eigenvalue weighted by Crippen LogP contribution is -2.34. The van der Waals surface area contributed by atoms with Crippen molar-refractivity contribution in [1.82, 2.24) is 10.3 Å². The predicted octanol–water partition coefficient (Wildman–Crippen LogP) is 2.86. The number of hydrogen-bond acceptors (Lipinski definition) is 3. The highest BCUT2D eigenvalue weighted by Crippen LogP contribution is 2.23. The van der Waals surface area contributed by atoms with E-state index < -0.39 is 0 Å². The maximum atomic E-state index is 5.58. The highest BCUT2D eigenvalue weighted by atomic mass is 16.5. The number of pyridine rings is 1. The van der Waals surface area contributed by atoms with Crippen LogP contribution in [0.4, 0.5) is 0 Å². The number of nitrogens with one attached hydrogen (secondary N) is 1. The third-order valence-electron chi connectivity index (χ3n) is 3.11. The largest absolute Gasteiger partial charge is 0.379 e. The molecule has 0 aliphatic carbocycles. The van der Waals surface area contributed by atoms with Crippen molar-refractivity contribution in [2.45, 2.75) is 45.8 Å². The Hall–Kier alpha value is -0.930. The fraction of sp³-hybridized carbons (Fsp3) is 0.643. The maximum Gasteiger partial charge on any atom is 0.0764 e. The first-order chi connectivity index (χ1) is 8.24. The van der Waals surface area contributed by atoms with Crippen LogP contribution < -0.4 is 5.32 Å². The molecule has 2 unspecified atom stereocenters. The molecule has 0 spiro atoms. The summed E-state index contributed by atoms with van der Waals surface area (Å²) in [5.41, 5.74) is 2.51. The van der Waals surface area contributed by atoms with Crippen LogP contribution in [0.15, 0.2) is 18.5 Å². The Balaban J connectivity index is 2.92. The van der Waals surface area contributed by atoms with Gasteiger partial charge in [-0.1, -0.05) is 13.8 Å². The Morgan fingerprint density at radius 3 is 2.71 bits per heavy atom. The second-order valence-electron chi connectivity index (χ2n) is 4.35. The fourth-order valence-electron chi connectivity index (χ4n) is 2.08. The monoisotopic (exact) mass is 236 g/mol. The standard InChI is InChI=1S/C14H24N2O/c1-5-8-16-14(13(6-2)17-4)12-10-15-9-7-11(12)3/h7,9-10,13-14,16H,5-6,8H2,1-4H3. The van der Waals surface area contributed by atoms with E-state index in [1.807, 2.05) is 12.4 Å². The van der Waals surface area contributed by atoms with Crippen molar-refractivity contribution in [2.24, 2.45) is 0 Å². The van der Waals surface area contributed by atoms with Crippen LogP contribution in [0.5, 0.6) is 0 Å². The van der Waals surface area contributed by atoms with E-state index in [-0.39, 0.29) is 12.1 Å². The number of rotatable bonds is 7. The topological polar surface area (TPSA) is 34.2 Å². The molecule has 1 aromatic rings. The summed E-state index contributed by atoms with van der Waals surface area (Å²) in [6.45, 7) is 7.45. The van der Waals surface area contributed by atoms with Crippen LogP contribution in [0.1, 0.15) is 43.9 Å². The number of aromatic nitrogens is 1. The molecule has 3 heteroatoms. The first-order valence-corrected chi connectivity index (χ1v) is 6.41. The summed E-state index contributed by atoms with van der Waals surface area (Å²) >= 11 is 0. The highest BCUT2D eigenvalue weighted by Gasteiger charge is 2.22. The molecular formula is C14H24N2O. The van der Waals surface area contributed by atoms with Gasteiger partial charge in [0.05, 0.1) is 12.1 Å². The number of methoxy groups -OCH3 is 1. The third kappa shape index (κ3) is 3.79. The minimum Gasteiger partial charge on any atom is -0.379 e. The SMILES string of the molecule is CCCNC(c1cnccc1C)C(CC)OC. The summed E-state index contributed by atoms with van der Waals surface area (Å²) in [6.07, 6.45) is 6.10. The smallest absolute Gasteiger partial charge is 0.0764 e. The summed E-state index contributed by atoms with van der Waals surface area (Å²) in [6, 6.07) is 2.29. The zero-order valence-electron chi connectivity index (χ0n) is 11.4. The van der Waals surface area contributed by atoms with Crippen molar-refractivity contribution < 1.29 is 4.74 Å². The normalized spacial score (nSPS) is 14.6. The van der Waals surface area contributed by atoms with E-state index in [1.165, 1.54) is 11.1 Å². The van der Waals surface area contributed by atoms with E-state index in [1.54, 1.807) is 7.11 Å². The summed E-state index contributed by atoms with van der Waals surface area (Å²) in [4.78, 5) is 4.23. The Kier molecular flexibility index (Phi) is 6.16. The number of ether oxygens (including phenoxy) is 1. The lowest BCUT2D eigenvalue weighted by molar-refractivity contribution is 0.0648. The molecule has 0 aromatic carbocycles. The van der Waals surface area contributed by atoms with Gasteiger partial charge in [0.15, 0.2) is 0 Å². The molecule has 1 heterocycles. The van der Waals surface area contributed by atoms with E-state index in [9.17, 15) is 0 Å². The average molecular weight is 236 g/mol. The molecule has 0 aliphatic rings. The molecule has 1 rings (SSSR count). The molecule has 1 aromatic heterocycles. The Bertz CT molecular complexity index is 324. The molecule has 1 N–H and O–H groups in total. The molecule has 0 radical (unpaired) electrons. The molecule has 0 bridgehead atoms. The van der Waals surface area contributed by atoms with Gasteiger partial charge >= 0.3 is 0 Å². The van der Waals surface area contributed by atoms with Gasteiger partial charge in [-0.25, -0.2) is 0 Å². The van der Waals surface area contributed by atoms with Crippen molar-refractivity contribution in [2.75, 3.05) is 13.7 Å². The van der Waals surface area contributed by atoms with Gasteiger partial charge < -0.3 is 10.1 Å². The van der Waals surface area contributed by atoms with Crippen LogP contribution in [0.25, 0.3) is 0 Å². The molecule has 96 valence electrons. The van der Waals surface area contributed by atoms with E-state index in [0.29, 0.717) is 0 Å². The predicted molar refractivity (Wildman–Crippen MR) is 71.1 cm³/mol. The van der Waals surface area contributed by atoms with Gasteiger partial charge in [0.25, 0.3) is 0 Å². The van der Waals surface area contributed by atoms with Crippen LogP contribution in [0, 0.1) is 6.92 Å². The van der Waals surface area contributed by atoms with Crippen molar-refractivity contribution in [3.8, 4) is 0 Å². The van der Waals surface area contributed by atoms with Gasteiger partial charge in [-0.05, 0) is 43.5 Å². The number of hydrogen-bond donors (Lipinski definition) is 1. The second-order valence-corrected chi connectivity index (χ2v) is 4.35. The Morgan fingerprint density at radius 1 is 1.41 bits per heavy atom.